The number of anilines is 3. The van der Waals surface area contributed by atoms with Gasteiger partial charge >= 0.3 is 0 Å². The van der Waals surface area contributed by atoms with Crippen molar-refractivity contribution in [2.45, 2.75) is 39.7 Å². The van der Waals surface area contributed by atoms with Crippen LogP contribution in [-0.4, -0.2) is 22.6 Å². The minimum Gasteiger partial charge on any atom is -0.370 e. The predicted molar refractivity (Wildman–Crippen MR) is 87.3 cm³/mol. The van der Waals surface area contributed by atoms with Gasteiger partial charge in [0.15, 0.2) is 0 Å². The highest BCUT2D eigenvalue weighted by atomic mass is 15.2. The quantitative estimate of drug-likeness (QED) is 0.931. The molecule has 0 amide bonds. The molecule has 1 aliphatic heterocycles. The van der Waals surface area contributed by atoms with Crippen molar-refractivity contribution in [2.24, 2.45) is 0 Å². The van der Waals surface area contributed by atoms with Crippen LogP contribution in [0.15, 0.2) is 30.6 Å². The van der Waals surface area contributed by atoms with Gasteiger partial charge in [-0.1, -0.05) is 25.1 Å². The van der Waals surface area contributed by atoms with E-state index in [9.17, 15) is 0 Å². The molecule has 0 saturated heterocycles. The molecule has 1 unspecified atom stereocenters. The van der Waals surface area contributed by atoms with Crippen LogP contribution in [0.2, 0.25) is 0 Å². The second-order valence-corrected chi connectivity index (χ2v) is 5.46. The highest BCUT2D eigenvalue weighted by Crippen LogP contribution is 2.39. The number of aromatic nitrogens is 2. The molecule has 110 valence electrons. The second kappa shape index (κ2) is 5.72. The summed E-state index contributed by atoms with van der Waals surface area (Å²) in [4.78, 5) is 11.4. The summed E-state index contributed by atoms with van der Waals surface area (Å²) in [5.74, 6) is 2.00. The van der Waals surface area contributed by atoms with Crippen molar-refractivity contribution in [1.29, 1.82) is 0 Å². The van der Waals surface area contributed by atoms with Gasteiger partial charge in [0.1, 0.15) is 18.0 Å². The Bertz CT molecular complexity index is 638. The fourth-order valence-corrected chi connectivity index (χ4v) is 3.14. The lowest BCUT2D eigenvalue weighted by Gasteiger charge is -2.26. The number of nitrogens with zero attached hydrogens (tertiary/aromatic N) is 3. The lowest BCUT2D eigenvalue weighted by Crippen LogP contribution is -2.26. The van der Waals surface area contributed by atoms with E-state index in [1.54, 1.807) is 6.33 Å². The van der Waals surface area contributed by atoms with Gasteiger partial charge in [0, 0.05) is 23.8 Å². The highest BCUT2D eigenvalue weighted by molar-refractivity contribution is 5.73. The molecule has 0 aliphatic carbocycles. The van der Waals surface area contributed by atoms with E-state index >= 15 is 0 Å². The number of fused-ring (bicyclic) bond motifs is 1. The normalized spacial score (nSPS) is 16.9. The summed E-state index contributed by atoms with van der Waals surface area (Å²) < 4.78 is 0. The third-order valence-electron chi connectivity index (χ3n) is 4.06. The van der Waals surface area contributed by atoms with Crippen LogP contribution in [0.5, 0.6) is 0 Å². The number of hydrogen-bond donors (Lipinski definition) is 1. The highest BCUT2D eigenvalue weighted by Gasteiger charge is 2.29. The van der Waals surface area contributed by atoms with Gasteiger partial charge in [-0.15, -0.1) is 0 Å². The maximum Gasteiger partial charge on any atom is 0.142 e. The van der Waals surface area contributed by atoms with Crippen molar-refractivity contribution in [3.8, 4) is 0 Å². The van der Waals surface area contributed by atoms with Gasteiger partial charge < -0.3 is 10.2 Å². The molecule has 0 saturated carbocycles. The molecule has 0 bridgehead atoms. The van der Waals surface area contributed by atoms with Crippen molar-refractivity contribution in [1.82, 2.24) is 9.97 Å². The third kappa shape index (κ3) is 2.35. The molecule has 0 fully saturated rings. The lowest BCUT2D eigenvalue weighted by molar-refractivity contribution is 0.744. The molecule has 1 aromatic heterocycles. The zero-order chi connectivity index (χ0) is 14.8. The minimum atomic E-state index is 0.428. The fraction of sp³-hybridized carbons (Fsp3) is 0.412. The first-order chi connectivity index (χ1) is 10.3. The largest absolute Gasteiger partial charge is 0.370 e. The molecule has 0 spiro atoms. The number of nitrogens with one attached hydrogen (secondary N) is 1. The molecule has 0 radical (unpaired) electrons. The van der Waals surface area contributed by atoms with Gasteiger partial charge in [0.25, 0.3) is 0 Å². The number of para-hydroxylation sites is 1. The smallest absolute Gasteiger partial charge is 0.142 e. The molecule has 3 rings (SSSR count). The molecule has 4 nitrogen and oxygen atoms in total. The summed E-state index contributed by atoms with van der Waals surface area (Å²) in [6.45, 7) is 7.38. The van der Waals surface area contributed by atoms with E-state index in [4.69, 9.17) is 0 Å². The molecule has 21 heavy (non-hydrogen) atoms. The Kier molecular flexibility index (Phi) is 3.78. The third-order valence-corrected chi connectivity index (χ3v) is 4.06. The lowest BCUT2D eigenvalue weighted by atomic mass is 10.1. The van der Waals surface area contributed by atoms with Crippen LogP contribution in [0.25, 0.3) is 0 Å². The number of rotatable bonds is 4. The maximum absolute atomic E-state index is 4.60. The summed E-state index contributed by atoms with van der Waals surface area (Å²) in [7, 11) is 0. The number of hydrogen-bond acceptors (Lipinski definition) is 4. The van der Waals surface area contributed by atoms with E-state index < -0.39 is 0 Å². The first-order valence-corrected chi connectivity index (χ1v) is 7.71. The van der Waals surface area contributed by atoms with E-state index in [1.807, 2.05) is 0 Å². The average Bonchev–Trinajstić information content (AvgIpc) is 2.83. The summed E-state index contributed by atoms with van der Waals surface area (Å²) in [5.41, 5.74) is 3.87. The second-order valence-electron chi connectivity index (χ2n) is 5.46. The van der Waals surface area contributed by atoms with Gasteiger partial charge in [0.2, 0.25) is 0 Å². The SMILES string of the molecule is CCNc1ncnc(N2c3ccccc3CC2C)c1CC. The van der Waals surface area contributed by atoms with Gasteiger partial charge in [-0.25, -0.2) is 9.97 Å². The molecule has 4 heteroatoms. The summed E-state index contributed by atoms with van der Waals surface area (Å²) in [5, 5.41) is 3.35. The Morgan fingerprint density at radius 3 is 2.81 bits per heavy atom. The Hall–Kier alpha value is -2.10. The number of benzene rings is 1. The van der Waals surface area contributed by atoms with E-state index in [-0.39, 0.29) is 0 Å². The standard InChI is InChI=1S/C17H22N4/c1-4-14-16(18-5-2)19-11-20-17(14)21-12(3)10-13-8-6-7-9-15(13)21/h6-9,11-12H,4-5,10H2,1-3H3,(H,18,19,20). The van der Waals surface area contributed by atoms with Crippen molar-refractivity contribution >= 4 is 17.3 Å². The van der Waals surface area contributed by atoms with Crippen LogP contribution in [0.1, 0.15) is 31.9 Å². The van der Waals surface area contributed by atoms with Gasteiger partial charge in [-0.05, 0) is 38.3 Å². The monoisotopic (exact) mass is 282 g/mol. The molecular weight excluding hydrogens is 260 g/mol. The predicted octanol–water partition coefficient (Wildman–Crippen LogP) is 3.55. The fourth-order valence-electron chi connectivity index (χ4n) is 3.14. The van der Waals surface area contributed by atoms with E-state index in [2.05, 4.69) is 65.2 Å². The van der Waals surface area contributed by atoms with Gasteiger partial charge in [-0.3, -0.25) is 0 Å². The average molecular weight is 282 g/mol. The Morgan fingerprint density at radius 1 is 1.24 bits per heavy atom. The first kappa shape index (κ1) is 13.9. The topological polar surface area (TPSA) is 41.1 Å². The van der Waals surface area contributed by atoms with Crippen LogP contribution in [0.4, 0.5) is 17.3 Å². The maximum atomic E-state index is 4.60. The van der Waals surface area contributed by atoms with Gasteiger partial charge in [-0.2, -0.15) is 0 Å². The summed E-state index contributed by atoms with van der Waals surface area (Å²) >= 11 is 0. The molecule has 2 heterocycles. The van der Waals surface area contributed by atoms with Crippen LogP contribution in [0.3, 0.4) is 0 Å². The molecule has 1 aliphatic rings. The zero-order valence-electron chi connectivity index (χ0n) is 12.9. The Labute approximate surface area is 126 Å². The van der Waals surface area contributed by atoms with Crippen molar-refractivity contribution in [3.05, 3.63) is 41.7 Å². The van der Waals surface area contributed by atoms with E-state index in [0.29, 0.717) is 6.04 Å². The molecular formula is C17H22N4. The molecule has 2 aromatic rings. The minimum absolute atomic E-state index is 0.428. The van der Waals surface area contributed by atoms with E-state index in [0.717, 1.165) is 31.0 Å². The van der Waals surface area contributed by atoms with Crippen molar-refractivity contribution in [3.63, 3.8) is 0 Å². The van der Waals surface area contributed by atoms with Crippen LogP contribution in [-0.2, 0) is 12.8 Å². The van der Waals surface area contributed by atoms with E-state index in [1.165, 1.54) is 16.8 Å². The zero-order valence-corrected chi connectivity index (χ0v) is 12.9. The summed E-state index contributed by atoms with van der Waals surface area (Å²) in [6, 6.07) is 9.04. The Morgan fingerprint density at radius 2 is 2.05 bits per heavy atom. The first-order valence-electron chi connectivity index (χ1n) is 7.71. The van der Waals surface area contributed by atoms with Gasteiger partial charge in [0.05, 0.1) is 0 Å². The van der Waals surface area contributed by atoms with Crippen LogP contribution < -0.4 is 10.2 Å². The molecule has 1 atom stereocenters. The summed E-state index contributed by atoms with van der Waals surface area (Å²) in [6.07, 6.45) is 3.66. The molecule has 1 N–H and O–H groups in total. The molecule has 1 aromatic carbocycles. The van der Waals surface area contributed by atoms with Crippen LogP contribution >= 0.6 is 0 Å². The Balaban J connectivity index is 2.10. The van der Waals surface area contributed by atoms with Crippen LogP contribution in [0, 0.1) is 0 Å². The van der Waals surface area contributed by atoms with Crippen molar-refractivity contribution in [2.75, 3.05) is 16.8 Å². The van der Waals surface area contributed by atoms with Crippen molar-refractivity contribution < 1.29 is 0 Å².